The number of aromatic nitrogens is 1. The molecule has 2 atom stereocenters. The van der Waals surface area contributed by atoms with Gasteiger partial charge in [0.2, 0.25) is 0 Å². The topological polar surface area (TPSA) is 64.1 Å². The second kappa shape index (κ2) is 6.71. The van der Waals surface area contributed by atoms with E-state index in [1.807, 2.05) is 30.6 Å². The second-order valence-corrected chi connectivity index (χ2v) is 7.54. The number of pyridine rings is 1. The Morgan fingerprint density at radius 2 is 1.93 bits per heavy atom. The van der Waals surface area contributed by atoms with Crippen molar-refractivity contribution in [2.24, 2.45) is 5.73 Å². The number of anilines is 1. The lowest BCUT2D eigenvalue weighted by Gasteiger charge is -2.28. The van der Waals surface area contributed by atoms with Crippen molar-refractivity contribution in [3.63, 3.8) is 0 Å². The highest BCUT2D eigenvalue weighted by Gasteiger charge is 2.19. The maximum Gasteiger partial charge on any atom is 0.137 e. The zero-order chi connectivity index (χ0) is 18.2. The molecule has 4 heteroatoms. The molecule has 2 heterocycles. The lowest BCUT2D eigenvalue weighted by atomic mass is 9.91. The Bertz CT molecular complexity index is 1070. The lowest BCUT2D eigenvalue weighted by Crippen LogP contribution is -2.34. The van der Waals surface area contributed by atoms with Crippen LogP contribution in [-0.2, 0) is 0 Å². The van der Waals surface area contributed by atoms with Gasteiger partial charge in [-0.1, -0.05) is 24.3 Å². The number of rotatable bonds is 3. The van der Waals surface area contributed by atoms with Gasteiger partial charge in [-0.05, 0) is 55.3 Å². The number of hydrogen-bond acceptors (Lipinski definition) is 4. The summed E-state index contributed by atoms with van der Waals surface area (Å²) in [4.78, 5) is 4.42. The van der Waals surface area contributed by atoms with Crippen LogP contribution in [-0.4, -0.2) is 17.1 Å². The van der Waals surface area contributed by atoms with Crippen molar-refractivity contribution in [2.45, 2.75) is 37.8 Å². The first kappa shape index (κ1) is 16.3. The number of fused-ring (bicyclic) bond motifs is 2. The summed E-state index contributed by atoms with van der Waals surface area (Å²) < 4.78 is 6.09. The van der Waals surface area contributed by atoms with E-state index < -0.39 is 0 Å². The van der Waals surface area contributed by atoms with Crippen molar-refractivity contribution in [1.29, 1.82) is 0 Å². The number of benzene rings is 2. The van der Waals surface area contributed by atoms with E-state index in [1.54, 1.807) is 0 Å². The summed E-state index contributed by atoms with van der Waals surface area (Å²) in [6.07, 6.45) is 8.34. The summed E-state index contributed by atoms with van der Waals surface area (Å²) in [5, 5.41) is 7.04. The highest BCUT2D eigenvalue weighted by molar-refractivity contribution is 5.98. The Morgan fingerprint density at radius 1 is 1.00 bits per heavy atom. The van der Waals surface area contributed by atoms with Gasteiger partial charge in [-0.15, -0.1) is 0 Å². The molecule has 27 heavy (non-hydrogen) atoms. The first-order valence-corrected chi connectivity index (χ1v) is 9.65. The van der Waals surface area contributed by atoms with Gasteiger partial charge < -0.3 is 15.5 Å². The summed E-state index contributed by atoms with van der Waals surface area (Å²) in [5.74, 6) is 0.853. The molecular formula is C23H23N3O. The molecule has 1 saturated carbocycles. The molecule has 0 saturated heterocycles. The van der Waals surface area contributed by atoms with Crippen LogP contribution in [0.4, 0.5) is 5.69 Å². The van der Waals surface area contributed by atoms with Crippen molar-refractivity contribution < 1.29 is 4.42 Å². The quantitative estimate of drug-likeness (QED) is 0.520. The molecule has 2 aromatic carbocycles. The molecule has 3 N–H and O–H groups in total. The van der Waals surface area contributed by atoms with E-state index in [2.05, 4.69) is 40.6 Å². The molecule has 0 spiro atoms. The fraction of sp³-hybridized carbons (Fsp3) is 0.261. The molecule has 0 amide bonds. The minimum absolute atomic E-state index is 0.312. The van der Waals surface area contributed by atoms with Gasteiger partial charge in [-0.2, -0.15) is 0 Å². The van der Waals surface area contributed by atoms with Gasteiger partial charge in [-0.3, -0.25) is 4.98 Å². The molecule has 4 aromatic rings. The van der Waals surface area contributed by atoms with E-state index in [1.165, 1.54) is 12.8 Å². The summed E-state index contributed by atoms with van der Waals surface area (Å²) in [6.45, 7) is 0. The number of furan rings is 1. The molecule has 136 valence electrons. The van der Waals surface area contributed by atoms with E-state index in [9.17, 15) is 0 Å². The molecule has 2 aromatic heterocycles. The van der Waals surface area contributed by atoms with Crippen LogP contribution in [0, 0.1) is 0 Å². The zero-order valence-electron chi connectivity index (χ0n) is 15.2. The van der Waals surface area contributed by atoms with E-state index in [0.29, 0.717) is 12.1 Å². The fourth-order valence-electron chi connectivity index (χ4n) is 4.16. The van der Waals surface area contributed by atoms with Gasteiger partial charge in [0, 0.05) is 46.5 Å². The van der Waals surface area contributed by atoms with Crippen LogP contribution in [0.25, 0.3) is 33.1 Å². The third-order valence-electron chi connectivity index (χ3n) is 5.54. The minimum atomic E-state index is 0.312. The van der Waals surface area contributed by atoms with E-state index >= 15 is 0 Å². The standard InChI is InChI=1S/C23H23N3O/c24-17-5-3-6-18(11-17)26-19-9-8-16-13-25-14-21(20(16)12-19)23-10-15-4-1-2-7-22(15)27-23/h1-2,4,7-10,12-14,17-18,26H,3,5-6,11,24H2/t17-,18-/m1/s1. The monoisotopic (exact) mass is 357 g/mol. The zero-order valence-corrected chi connectivity index (χ0v) is 15.2. The Kier molecular flexibility index (Phi) is 4.06. The number of para-hydroxylation sites is 1. The Labute approximate surface area is 158 Å². The van der Waals surface area contributed by atoms with Crippen LogP contribution in [0.2, 0.25) is 0 Å². The van der Waals surface area contributed by atoms with Crippen LogP contribution in [0.15, 0.2) is 65.3 Å². The molecule has 4 nitrogen and oxygen atoms in total. The van der Waals surface area contributed by atoms with Crippen molar-refractivity contribution in [3.8, 4) is 11.3 Å². The first-order valence-electron chi connectivity index (χ1n) is 9.65. The first-order chi connectivity index (χ1) is 13.3. The molecule has 5 rings (SSSR count). The minimum Gasteiger partial charge on any atom is -0.456 e. The van der Waals surface area contributed by atoms with Gasteiger partial charge in [0.05, 0.1) is 0 Å². The normalized spacial score (nSPS) is 20.2. The molecule has 0 unspecified atom stereocenters. The Balaban J connectivity index is 1.54. The highest BCUT2D eigenvalue weighted by atomic mass is 16.3. The van der Waals surface area contributed by atoms with Gasteiger partial charge in [0.15, 0.2) is 0 Å². The van der Waals surface area contributed by atoms with E-state index in [-0.39, 0.29) is 0 Å². The van der Waals surface area contributed by atoms with Crippen LogP contribution in [0.5, 0.6) is 0 Å². The molecule has 1 fully saturated rings. The van der Waals surface area contributed by atoms with Gasteiger partial charge >= 0.3 is 0 Å². The largest absolute Gasteiger partial charge is 0.456 e. The predicted octanol–water partition coefficient (Wildman–Crippen LogP) is 5.33. The van der Waals surface area contributed by atoms with Crippen LogP contribution < -0.4 is 11.1 Å². The maximum atomic E-state index is 6.15. The molecule has 0 radical (unpaired) electrons. The van der Waals surface area contributed by atoms with Crippen LogP contribution in [0.1, 0.15) is 25.7 Å². The van der Waals surface area contributed by atoms with Gasteiger partial charge in [0.1, 0.15) is 11.3 Å². The fourth-order valence-corrected chi connectivity index (χ4v) is 4.16. The van der Waals surface area contributed by atoms with Crippen molar-refractivity contribution >= 4 is 27.4 Å². The summed E-state index contributed by atoms with van der Waals surface area (Å²) in [5.41, 5.74) is 9.19. The summed E-state index contributed by atoms with van der Waals surface area (Å²) in [6, 6.07) is 17.4. The highest BCUT2D eigenvalue weighted by Crippen LogP contribution is 2.34. The molecule has 0 bridgehead atoms. The van der Waals surface area contributed by atoms with Gasteiger partial charge in [-0.25, -0.2) is 0 Å². The van der Waals surface area contributed by atoms with Crippen LogP contribution >= 0.6 is 0 Å². The number of nitrogens with two attached hydrogens (primary N) is 1. The molecular weight excluding hydrogens is 334 g/mol. The average Bonchev–Trinajstić information content (AvgIpc) is 3.11. The Hall–Kier alpha value is -2.85. The van der Waals surface area contributed by atoms with Gasteiger partial charge in [0.25, 0.3) is 0 Å². The lowest BCUT2D eigenvalue weighted by molar-refractivity contribution is 0.409. The maximum absolute atomic E-state index is 6.15. The number of hydrogen-bond donors (Lipinski definition) is 2. The Morgan fingerprint density at radius 3 is 2.81 bits per heavy atom. The smallest absolute Gasteiger partial charge is 0.137 e. The van der Waals surface area contributed by atoms with E-state index in [4.69, 9.17) is 10.2 Å². The summed E-state index contributed by atoms with van der Waals surface area (Å²) in [7, 11) is 0. The van der Waals surface area contributed by atoms with E-state index in [0.717, 1.165) is 51.6 Å². The molecule has 1 aliphatic rings. The third kappa shape index (κ3) is 3.17. The second-order valence-electron chi connectivity index (χ2n) is 7.54. The van der Waals surface area contributed by atoms with Crippen molar-refractivity contribution in [1.82, 2.24) is 4.98 Å². The number of nitrogens with zero attached hydrogens (tertiary/aromatic N) is 1. The van der Waals surface area contributed by atoms with Crippen molar-refractivity contribution in [2.75, 3.05) is 5.32 Å². The third-order valence-corrected chi connectivity index (χ3v) is 5.54. The summed E-state index contributed by atoms with van der Waals surface area (Å²) >= 11 is 0. The average molecular weight is 357 g/mol. The molecule has 0 aliphatic heterocycles. The van der Waals surface area contributed by atoms with Crippen LogP contribution in [0.3, 0.4) is 0 Å². The number of nitrogens with one attached hydrogen (secondary N) is 1. The predicted molar refractivity (Wildman–Crippen MR) is 111 cm³/mol. The molecule has 1 aliphatic carbocycles. The SMILES string of the molecule is N[C@@H]1CCC[C@@H](Nc2ccc3cncc(-c4cc5ccccc5o4)c3c2)C1. The van der Waals surface area contributed by atoms with Crippen molar-refractivity contribution in [3.05, 3.63) is 60.9 Å².